The molecule has 0 bridgehead atoms. The highest BCUT2D eigenvalue weighted by molar-refractivity contribution is 7.11. The van der Waals surface area contributed by atoms with Crippen molar-refractivity contribution in [3.05, 3.63) is 16.6 Å². The zero-order chi connectivity index (χ0) is 13.1. The summed E-state index contributed by atoms with van der Waals surface area (Å²) in [7, 11) is 0. The highest BCUT2D eigenvalue weighted by Crippen LogP contribution is 2.22. The van der Waals surface area contributed by atoms with Crippen LogP contribution in [0.1, 0.15) is 36.9 Å². The summed E-state index contributed by atoms with van der Waals surface area (Å²) in [6.07, 6.45) is 1.38. The fourth-order valence-corrected chi connectivity index (χ4v) is 1.83. The number of amides is 1. The summed E-state index contributed by atoms with van der Waals surface area (Å²) in [6, 6.07) is -0.408. The molecule has 0 aromatic carbocycles. The number of carboxylic acids is 1. The monoisotopic (exact) mass is 256 g/mol. The Kier molecular flexibility index (Phi) is 4.22. The number of hydrogen-bond donors (Lipinski definition) is 2. The minimum atomic E-state index is -0.922. The smallest absolute Gasteiger partial charge is 0.305 e. The number of carbonyl (C=O) groups is 2. The van der Waals surface area contributed by atoms with Gasteiger partial charge >= 0.3 is 5.97 Å². The lowest BCUT2D eigenvalue weighted by molar-refractivity contribution is -0.138. The summed E-state index contributed by atoms with van der Waals surface area (Å²) in [6.45, 7) is 5.69. The van der Waals surface area contributed by atoms with Crippen LogP contribution < -0.4 is 5.32 Å². The van der Waals surface area contributed by atoms with Gasteiger partial charge in [0.1, 0.15) is 4.88 Å². The zero-order valence-corrected chi connectivity index (χ0v) is 10.9. The molecular formula is C11H16N2O3S. The maximum absolute atomic E-state index is 11.8. The van der Waals surface area contributed by atoms with Crippen LogP contribution in [0.25, 0.3) is 0 Å². The number of thiazole rings is 1. The number of aliphatic carboxylic acids is 1. The summed E-state index contributed by atoms with van der Waals surface area (Å²) < 4.78 is 0. The van der Waals surface area contributed by atoms with E-state index in [-0.39, 0.29) is 17.7 Å². The van der Waals surface area contributed by atoms with Gasteiger partial charge in [-0.1, -0.05) is 20.8 Å². The Hall–Kier alpha value is -1.43. The van der Waals surface area contributed by atoms with Crippen molar-refractivity contribution in [3.63, 3.8) is 0 Å². The predicted octanol–water partition coefficient (Wildman–Crippen LogP) is 1.76. The molecule has 1 rings (SSSR count). The van der Waals surface area contributed by atoms with Crippen LogP contribution in [0, 0.1) is 5.41 Å². The Bertz CT molecular complexity index is 395. The van der Waals surface area contributed by atoms with Gasteiger partial charge in [-0.2, -0.15) is 0 Å². The maximum Gasteiger partial charge on any atom is 0.305 e. The zero-order valence-electron chi connectivity index (χ0n) is 10.1. The molecule has 1 unspecified atom stereocenters. The molecule has 1 aromatic heterocycles. The van der Waals surface area contributed by atoms with E-state index in [0.717, 1.165) is 0 Å². The maximum atomic E-state index is 11.8. The molecule has 1 aromatic rings. The molecule has 6 heteroatoms. The van der Waals surface area contributed by atoms with E-state index in [2.05, 4.69) is 10.3 Å². The number of carbonyl (C=O) groups excluding carboxylic acids is 1. The number of rotatable bonds is 4. The fourth-order valence-electron chi connectivity index (χ4n) is 1.31. The predicted molar refractivity (Wildman–Crippen MR) is 65.1 cm³/mol. The van der Waals surface area contributed by atoms with Crippen LogP contribution in [0.4, 0.5) is 0 Å². The summed E-state index contributed by atoms with van der Waals surface area (Å²) in [5, 5.41) is 11.6. The third kappa shape index (κ3) is 4.14. The van der Waals surface area contributed by atoms with Crippen molar-refractivity contribution in [3.8, 4) is 0 Å². The van der Waals surface area contributed by atoms with Crippen LogP contribution in [-0.2, 0) is 4.79 Å². The van der Waals surface area contributed by atoms with Crippen LogP contribution >= 0.6 is 11.3 Å². The van der Waals surface area contributed by atoms with Gasteiger partial charge in [-0.25, -0.2) is 0 Å². The molecule has 1 heterocycles. The SMILES string of the molecule is CC(C)(C)C(CC(=O)O)NC(=O)c1cncs1. The molecule has 1 atom stereocenters. The second-order valence-electron chi connectivity index (χ2n) is 4.86. The Labute approximate surface area is 104 Å². The first-order valence-electron chi connectivity index (χ1n) is 5.22. The largest absolute Gasteiger partial charge is 0.481 e. The molecular weight excluding hydrogens is 240 g/mol. The summed E-state index contributed by atoms with van der Waals surface area (Å²) in [5.74, 6) is -1.19. The van der Waals surface area contributed by atoms with Crippen molar-refractivity contribution in [2.75, 3.05) is 0 Å². The van der Waals surface area contributed by atoms with Crippen LogP contribution in [0.15, 0.2) is 11.7 Å². The topological polar surface area (TPSA) is 79.3 Å². The lowest BCUT2D eigenvalue weighted by Gasteiger charge is -2.30. The first-order chi connectivity index (χ1) is 7.80. The summed E-state index contributed by atoms with van der Waals surface area (Å²) >= 11 is 1.23. The van der Waals surface area contributed by atoms with Gasteiger partial charge in [0.2, 0.25) is 0 Å². The van der Waals surface area contributed by atoms with E-state index in [4.69, 9.17) is 5.11 Å². The average molecular weight is 256 g/mol. The number of carboxylic acid groups (broad SMARTS) is 1. The van der Waals surface area contributed by atoms with E-state index in [0.29, 0.717) is 4.88 Å². The summed E-state index contributed by atoms with van der Waals surface area (Å²) in [5.41, 5.74) is 1.26. The molecule has 5 nitrogen and oxygen atoms in total. The molecule has 0 aliphatic rings. The van der Waals surface area contributed by atoms with Gasteiger partial charge in [0.15, 0.2) is 0 Å². The van der Waals surface area contributed by atoms with Crippen molar-refractivity contribution in [1.29, 1.82) is 0 Å². The van der Waals surface area contributed by atoms with Gasteiger partial charge in [0.05, 0.1) is 18.1 Å². The molecule has 0 spiro atoms. The number of hydrogen-bond acceptors (Lipinski definition) is 4. The molecule has 17 heavy (non-hydrogen) atoms. The Morgan fingerprint density at radius 1 is 1.53 bits per heavy atom. The minimum absolute atomic E-state index is 0.0892. The Balaban J connectivity index is 2.73. The van der Waals surface area contributed by atoms with Crippen LogP contribution in [-0.4, -0.2) is 28.0 Å². The van der Waals surface area contributed by atoms with Gasteiger partial charge in [0, 0.05) is 6.04 Å². The molecule has 2 N–H and O–H groups in total. The highest BCUT2D eigenvalue weighted by atomic mass is 32.1. The van der Waals surface area contributed by atoms with Crippen molar-refractivity contribution in [1.82, 2.24) is 10.3 Å². The van der Waals surface area contributed by atoms with Crippen LogP contribution in [0.5, 0.6) is 0 Å². The molecule has 0 aliphatic carbocycles. The van der Waals surface area contributed by atoms with E-state index in [1.165, 1.54) is 17.5 Å². The molecule has 1 amide bonds. The van der Waals surface area contributed by atoms with Gasteiger partial charge in [-0.15, -0.1) is 11.3 Å². The minimum Gasteiger partial charge on any atom is -0.481 e. The van der Waals surface area contributed by atoms with Gasteiger partial charge < -0.3 is 10.4 Å². The van der Waals surface area contributed by atoms with Gasteiger partial charge in [-0.3, -0.25) is 14.6 Å². The normalized spacial score (nSPS) is 13.1. The lowest BCUT2D eigenvalue weighted by Crippen LogP contribution is -2.44. The lowest BCUT2D eigenvalue weighted by atomic mass is 9.84. The third-order valence-electron chi connectivity index (χ3n) is 2.39. The average Bonchev–Trinajstić information content (AvgIpc) is 2.66. The fraction of sp³-hybridized carbons (Fsp3) is 0.545. The Morgan fingerprint density at radius 3 is 2.59 bits per heavy atom. The second kappa shape index (κ2) is 5.27. The third-order valence-corrected chi connectivity index (χ3v) is 3.16. The molecule has 0 aliphatic heterocycles. The second-order valence-corrected chi connectivity index (χ2v) is 5.74. The van der Waals surface area contributed by atoms with E-state index in [1.54, 1.807) is 5.51 Å². The van der Waals surface area contributed by atoms with Crippen LogP contribution in [0.3, 0.4) is 0 Å². The first-order valence-corrected chi connectivity index (χ1v) is 6.10. The van der Waals surface area contributed by atoms with E-state index >= 15 is 0 Å². The number of nitrogens with zero attached hydrogens (tertiary/aromatic N) is 1. The number of aromatic nitrogens is 1. The van der Waals surface area contributed by atoms with E-state index in [9.17, 15) is 9.59 Å². The molecule has 0 saturated carbocycles. The quantitative estimate of drug-likeness (QED) is 0.860. The molecule has 0 radical (unpaired) electrons. The first kappa shape index (κ1) is 13.6. The highest BCUT2D eigenvalue weighted by Gasteiger charge is 2.28. The summed E-state index contributed by atoms with van der Waals surface area (Å²) in [4.78, 5) is 26.9. The van der Waals surface area contributed by atoms with E-state index < -0.39 is 12.0 Å². The van der Waals surface area contributed by atoms with Crippen molar-refractivity contribution in [2.24, 2.45) is 5.41 Å². The molecule has 0 saturated heterocycles. The van der Waals surface area contributed by atoms with Crippen LogP contribution in [0.2, 0.25) is 0 Å². The van der Waals surface area contributed by atoms with E-state index in [1.807, 2.05) is 20.8 Å². The molecule has 0 fully saturated rings. The molecule has 94 valence electrons. The van der Waals surface area contributed by atoms with Crippen molar-refractivity contribution < 1.29 is 14.7 Å². The van der Waals surface area contributed by atoms with Gasteiger partial charge in [0.25, 0.3) is 5.91 Å². The standard InChI is InChI=1S/C11H16N2O3S/c1-11(2,3)8(4-9(14)15)13-10(16)7-5-12-6-17-7/h5-6,8H,4H2,1-3H3,(H,13,16)(H,14,15). The van der Waals surface area contributed by atoms with Crippen molar-refractivity contribution in [2.45, 2.75) is 33.2 Å². The number of nitrogens with one attached hydrogen (secondary N) is 1. The van der Waals surface area contributed by atoms with Crippen molar-refractivity contribution >= 4 is 23.2 Å². The van der Waals surface area contributed by atoms with Gasteiger partial charge in [-0.05, 0) is 5.41 Å². The Morgan fingerprint density at radius 2 is 2.18 bits per heavy atom.